The highest BCUT2D eigenvalue weighted by molar-refractivity contribution is 8.00. The molecule has 1 fully saturated rings. The van der Waals surface area contributed by atoms with Crippen molar-refractivity contribution in [2.45, 2.75) is 42.2 Å². The molecule has 1 aromatic rings. The summed E-state index contributed by atoms with van der Waals surface area (Å²) in [5, 5.41) is 18.7. The van der Waals surface area contributed by atoms with E-state index in [-0.39, 0.29) is 16.1 Å². The van der Waals surface area contributed by atoms with Crippen molar-refractivity contribution in [3.8, 4) is 0 Å². The Morgan fingerprint density at radius 3 is 2.36 bits per heavy atom. The van der Waals surface area contributed by atoms with E-state index in [1.54, 1.807) is 16.7 Å². The average molecular weight is 361 g/mol. The van der Waals surface area contributed by atoms with Crippen LogP contribution in [0.2, 0.25) is 0 Å². The number of aldehydes is 1. The van der Waals surface area contributed by atoms with Crippen LogP contribution in [0.15, 0.2) is 59.0 Å². The first-order valence-electron chi connectivity index (χ1n) is 8.22. The summed E-state index contributed by atoms with van der Waals surface area (Å²) in [5.74, 6) is -1.22. The van der Waals surface area contributed by atoms with Crippen LogP contribution in [-0.4, -0.2) is 38.7 Å². The summed E-state index contributed by atoms with van der Waals surface area (Å²) in [4.78, 5) is 24.9. The maximum absolute atomic E-state index is 11.1. The van der Waals surface area contributed by atoms with Gasteiger partial charge >= 0.3 is 5.97 Å². The van der Waals surface area contributed by atoms with E-state index in [0.29, 0.717) is 12.8 Å². The minimum absolute atomic E-state index is 0.0599. The molecule has 1 saturated carbocycles. The third kappa shape index (κ3) is 5.67. The molecular formula is C19H23NO4S. The summed E-state index contributed by atoms with van der Waals surface area (Å²) in [6.45, 7) is 2.04. The third-order valence-corrected chi connectivity index (χ3v) is 5.57. The fourth-order valence-corrected chi connectivity index (χ4v) is 4.57. The molecule has 5 nitrogen and oxygen atoms in total. The van der Waals surface area contributed by atoms with Crippen LogP contribution in [0.1, 0.15) is 32.6 Å². The Hall–Kier alpha value is -2.21. The van der Waals surface area contributed by atoms with Crippen molar-refractivity contribution in [3.63, 3.8) is 0 Å². The van der Waals surface area contributed by atoms with E-state index >= 15 is 0 Å². The van der Waals surface area contributed by atoms with Crippen molar-refractivity contribution in [3.05, 3.63) is 54.1 Å². The molecule has 0 heterocycles. The van der Waals surface area contributed by atoms with Gasteiger partial charge in [-0.2, -0.15) is 0 Å². The number of aliphatic hydroxyl groups is 1. The number of carboxylic acids is 1. The molecule has 0 aromatic heterocycles. The molecule has 134 valence electrons. The molecule has 1 aromatic carbocycles. The van der Waals surface area contributed by atoms with Gasteiger partial charge in [-0.15, -0.1) is 11.8 Å². The number of carbonyl (C=O) groups is 2. The SMILES string of the molecule is C/C(O)=C\N(/C=C(\C=O)C(=O)O)CC1(Sc2ccccc2)CCCC1. The number of allylic oxidation sites excluding steroid dienone is 1. The number of aliphatic hydroxyl groups excluding tert-OH is 1. The zero-order chi connectivity index (χ0) is 18.3. The van der Waals surface area contributed by atoms with E-state index in [1.807, 2.05) is 18.2 Å². The van der Waals surface area contributed by atoms with Gasteiger partial charge in [-0.1, -0.05) is 31.0 Å². The number of hydrogen-bond donors (Lipinski definition) is 2. The second-order valence-electron chi connectivity index (χ2n) is 6.26. The molecule has 0 bridgehead atoms. The molecule has 25 heavy (non-hydrogen) atoms. The summed E-state index contributed by atoms with van der Waals surface area (Å²) < 4.78 is -0.0870. The van der Waals surface area contributed by atoms with Gasteiger partial charge < -0.3 is 15.1 Å². The maximum atomic E-state index is 11.1. The molecule has 1 aliphatic rings. The van der Waals surface area contributed by atoms with E-state index in [4.69, 9.17) is 5.11 Å². The van der Waals surface area contributed by atoms with E-state index in [9.17, 15) is 14.7 Å². The highest BCUT2D eigenvalue weighted by atomic mass is 32.2. The normalized spacial score (nSPS) is 17.3. The van der Waals surface area contributed by atoms with Crippen molar-refractivity contribution in [2.75, 3.05) is 6.54 Å². The topological polar surface area (TPSA) is 77.8 Å². The Balaban J connectivity index is 2.28. The zero-order valence-corrected chi connectivity index (χ0v) is 15.0. The molecule has 0 amide bonds. The average Bonchev–Trinajstić information content (AvgIpc) is 3.00. The van der Waals surface area contributed by atoms with Gasteiger partial charge in [0.25, 0.3) is 0 Å². The summed E-state index contributed by atoms with van der Waals surface area (Å²) in [6.07, 6.45) is 7.30. The van der Waals surface area contributed by atoms with Gasteiger partial charge in [0.2, 0.25) is 0 Å². The summed E-state index contributed by atoms with van der Waals surface area (Å²) in [7, 11) is 0. The summed E-state index contributed by atoms with van der Waals surface area (Å²) in [5.41, 5.74) is -0.338. The molecule has 0 saturated heterocycles. The van der Waals surface area contributed by atoms with E-state index in [0.717, 1.165) is 30.6 Å². The van der Waals surface area contributed by atoms with Crippen LogP contribution in [0.4, 0.5) is 0 Å². The molecule has 0 spiro atoms. The van der Waals surface area contributed by atoms with Crippen LogP contribution in [0.3, 0.4) is 0 Å². The number of carboxylic acid groups (broad SMARTS) is 1. The molecule has 0 atom stereocenters. The van der Waals surface area contributed by atoms with Crippen molar-refractivity contribution >= 4 is 24.0 Å². The minimum atomic E-state index is -1.28. The van der Waals surface area contributed by atoms with Crippen molar-refractivity contribution < 1.29 is 19.8 Å². The number of rotatable bonds is 8. The second kappa shape index (κ2) is 8.76. The van der Waals surface area contributed by atoms with Gasteiger partial charge in [-0.3, -0.25) is 4.79 Å². The van der Waals surface area contributed by atoms with Gasteiger partial charge in [-0.25, -0.2) is 4.79 Å². The van der Waals surface area contributed by atoms with Crippen LogP contribution in [0.25, 0.3) is 0 Å². The smallest absolute Gasteiger partial charge is 0.340 e. The number of carbonyl (C=O) groups excluding carboxylic acids is 1. The standard InChI is InChI=1S/C19H23NO4S/c1-15(22)11-20(12-16(13-21)18(23)24)14-19(9-5-6-10-19)25-17-7-3-2-4-8-17/h2-4,7-8,11-13,22H,5-6,9-10,14H2,1H3,(H,23,24)/b15-11+,16-12+. The Morgan fingerprint density at radius 1 is 1.20 bits per heavy atom. The lowest BCUT2D eigenvalue weighted by Gasteiger charge is -2.33. The predicted molar refractivity (Wildman–Crippen MR) is 98.4 cm³/mol. The van der Waals surface area contributed by atoms with E-state index < -0.39 is 5.97 Å². The first-order valence-corrected chi connectivity index (χ1v) is 9.03. The van der Waals surface area contributed by atoms with E-state index in [1.165, 1.54) is 19.3 Å². The molecule has 0 unspecified atom stereocenters. The molecule has 0 radical (unpaired) electrons. The lowest BCUT2D eigenvalue weighted by atomic mass is 10.1. The van der Waals surface area contributed by atoms with Crippen LogP contribution < -0.4 is 0 Å². The highest BCUT2D eigenvalue weighted by Gasteiger charge is 2.36. The largest absolute Gasteiger partial charge is 0.511 e. The van der Waals surface area contributed by atoms with Gasteiger partial charge in [0.15, 0.2) is 6.29 Å². The summed E-state index contributed by atoms with van der Waals surface area (Å²) >= 11 is 1.78. The Bertz CT molecular complexity index is 659. The first-order chi connectivity index (χ1) is 11.9. The van der Waals surface area contributed by atoms with Gasteiger partial charge in [-0.05, 0) is 31.9 Å². The molecular weight excluding hydrogens is 338 g/mol. The van der Waals surface area contributed by atoms with Crippen molar-refractivity contribution in [2.24, 2.45) is 0 Å². The van der Waals surface area contributed by atoms with Gasteiger partial charge in [0, 0.05) is 28.6 Å². The number of benzene rings is 1. The van der Waals surface area contributed by atoms with E-state index in [2.05, 4.69) is 12.1 Å². The lowest BCUT2D eigenvalue weighted by Crippen LogP contribution is -2.34. The van der Waals surface area contributed by atoms with Crippen LogP contribution in [-0.2, 0) is 9.59 Å². The van der Waals surface area contributed by atoms with Crippen LogP contribution >= 0.6 is 11.8 Å². The predicted octanol–water partition coefficient (Wildman–Crippen LogP) is 3.98. The minimum Gasteiger partial charge on any atom is -0.511 e. The fourth-order valence-electron chi connectivity index (χ4n) is 3.07. The Kier molecular flexibility index (Phi) is 6.70. The fraction of sp³-hybridized carbons (Fsp3) is 0.368. The quantitative estimate of drug-likeness (QED) is 0.240. The van der Waals surface area contributed by atoms with Crippen LogP contribution in [0.5, 0.6) is 0 Å². The molecule has 6 heteroatoms. The molecule has 2 N–H and O–H groups in total. The van der Waals surface area contributed by atoms with Crippen LogP contribution in [0, 0.1) is 0 Å². The third-order valence-electron chi connectivity index (χ3n) is 4.09. The lowest BCUT2D eigenvalue weighted by molar-refractivity contribution is -0.133. The van der Waals surface area contributed by atoms with Gasteiger partial charge in [0.05, 0.1) is 0 Å². The Morgan fingerprint density at radius 2 is 1.84 bits per heavy atom. The zero-order valence-electron chi connectivity index (χ0n) is 14.2. The number of thioether (sulfide) groups is 1. The maximum Gasteiger partial charge on any atom is 0.340 e. The number of aliphatic carboxylic acids is 1. The van der Waals surface area contributed by atoms with Gasteiger partial charge in [0.1, 0.15) is 11.3 Å². The molecule has 2 rings (SSSR count). The Labute approximate surface area is 152 Å². The number of nitrogens with zero attached hydrogens (tertiary/aromatic N) is 1. The van der Waals surface area contributed by atoms with Crippen molar-refractivity contribution in [1.82, 2.24) is 4.90 Å². The van der Waals surface area contributed by atoms with Crippen molar-refractivity contribution in [1.29, 1.82) is 0 Å². The molecule has 0 aliphatic heterocycles. The monoisotopic (exact) mass is 361 g/mol. The second-order valence-corrected chi connectivity index (χ2v) is 7.80. The summed E-state index contributed by atoms with van der Waals surface area (Å²) in [6, 6.07) is 10.1. The molecule has 1 aliphatic carbocycles. The first kappa shape index (κ1) is 19.1. The number of hydrogen-bond acceptors (Lipinski definition) is 5. The highest BCUT2D eigenvalue weighted by Crippen LogP contribution is 2.46.